The molecule has 0 saturated heterocycles. The van der Waals surface area contributed by atoms with Crippen molar-refractivity contribution in [3.05, 3.63) is 94.1 Å². The number of nitrogens with one attached hydrogen (secondary N) is 1. The van der Waals surface area contributed by atoms with Crippen LogP contribution in [0.5, 0.6) is 5.75 Å². The van der Waals surface area contributed by atoms with E-state index in [9.17, 15) is 14.4 Å². The predicted molar refractivity (Wildman–Crippen MR) is 151 cm³/mol. The molecule has 2 aliphatic heterocycles. The molecule has 0 bridgehead atoms. The lowest BCUT2D eigenvalue weighted by Crippen LogP contribution is -2.33. The number of fused-ring (bicyclic) bond motifs is 3. The fraction of sp³-hybridized carbons (Fsp3) is 0.143. The summed E-state index contributed by atoms with van der Waals surface area (Å²) in [7, 11) is 0. The number of benzene rings is 3. The molecular formula is C28H20ClN3O5S2. The van der Waals surface area contributed by atoms with E-state index in [1.54, 1.807) is 48.7 Å². The summed E-state index contributed by atoms with van der Waals surface area (Å²) in [6, 6.07) is 17.4. The molecule has 1 N–H and O–H groups in total. The number of carbonyl (C=O) groups is 3. The third-order valence-electron chi connectivity index (χ3n) is 6.21. The van der Waals surface area contributed by atoms with Crippen molar-refractivity contribution in [2.45, 2.75) is 17.6 Å². The number of Topliss-reactive ketones (excluding diaryl/α,β-unsaturated/α-hetero) is 1. The van der Waals surface area contributed by atoms with Crippen molar-refractivity contribution in [3.8, 4) is 5.75 Å². The average Bonchev–Trinajstić information content (AvgIpc) is 3.45. The molecular weight excluding hydrogens is 558 g/mol. The summed E-state index contributed by atoms with van der Waals surface area (Å²) in [6.07, 6.45) is 0.744. The number of amides is 2. The standard InChI is InChI=1S/C28H20ClN3O5S2/c1-2-36-27-20(24(33)19-11-15(29)7-10-22(19)37-27)13-30-16-8-9-21-23(12-16)39-28(31-21)38-14-32-25(34)17-5-3-4-6-18(17)26(32)35/h3-13,27,30H,2,14H2,1H3/b20-13-. The summed E-state index contributed by atoms with van der Waals surface area (Å²) in [4.78, 5) is 44.3. The van der Waals surface area contributed by atoms with E-state index in [0.717, 1.165) is 20.2 Å². The Morgan fingerprint density at radius 2 is 1.85 bits per heavy atom. The van der Waals surface area contributed by atoms with Gasteiger partial charge in [0.1, 0.15) is 5.75 Å². The van der Waals surface area contributed by atoms with Crippen LogP contribution >= 0.6 is 34.7 Å². The largest absolute Gasteiger partial charge is 0.460 e. The lowest BCUT2D eigenvalue weighted by Gasteiger charge is -2.27. The van der Waals surface area contributed by atoms with Gasteiger partial charge in [0.15, 0.2) is 4.34 Å². The molecule has 196 valence electrons. The summed E-state index contributed by atoms with van der Waals surface area (Å²) in [5.74, 6) is -0.205. The highest BCUT2D eigenvalue weighted by Crippen LogP contribution is 2.35. The maximum absolute atomic E-state index is 13.2. The molecule has 8 nitrogen and oxygen atoms in total. The van der Waals surface area contributed by atoms with Crippen molar-refractivity contribution in [3.63, 3.8) is 0 Å². The van der Waals surface area contributed by atoms with Gasteiger partial charge in [-0.05, 0) is 55.5 Å². The van der Waals surface area contributed by atoms with Crippen molar-refractivity contribution in [1.82, 2.24) is 9.88 Å². The summed E-state index contributed by atoms with van der Waals surface area (Å²) in [5.41, 5.74) is 3.10. The van der Waals surface area contributed by atoms with Crippen LogP contribution in [0.25, 0.3) is 10.2 Å². The van der Waals surface area contributed by atoms with E-state index in [2.05, 4.69) is 10.3 Å². The highest BCUT2D eigenvalue weighted by Gasteiger charge is 2.35. The number of imide groups is 1. The highest BCUT2D eigenvalue weighted by atomic mass is 35.5. The number of ketones is 1. The number of anilines is 1. The Morgan fingerprint density at radius 3 is 2.59 bits per heavy atom. The molecule has 1 atom stereocenters. The highest BCUT2D eigenvalue weighted by molar-refractivity contribution is 8.01. The van der Waals surface area contributed by atoms with Gasteiger partial charge in [0, 0.05) is 23.5 Å². The first-order valence-electron chi connectivity index (χ1n) is 12.0. The van der Waals surface area contributed by atoms with Gasteiger partial charge in [0.2, 0.25) is 12.1 Å². The molecule has 6 rings (SSSR count). The van der Waals surface area contributed by atoms with Crippen LogP contribution in [0.4, 0.5) is 5.69 Å². The van der Waals surface area contributed by atoms with E-state index in [4.69, 9.17) is 21.1 Å². The number of hydrogen-bond acceptors (Lipinski definition) is 9. The van der Waals surface area contributed by atoms with Crippen molar-refractivity contribution in [2.75, 3.05) is 17.8 Å². The number of thioether (sulfide) groups is 1. The number of carbonyl (C=O) groups excluding carboxylic acids is 3. The third kappa shape index (κ3) is 4.80. The number of ether oxygens (including phenoxy) is 2. The van der Waals surface area contributed by atoms with Gasteiger partial charge in [-0.1, -0.05) is 35.5 Å². The topological polar surface area (TPSA) is 97.8 Å². The lowest BCUT2D eigenvalue weighted by atomic mass is 10.00. The number of hydrogen-bond donors (Lipinski definition) is 1. The minimum atomic E-state index is -0.846. The summed E-state index contributed by atoms with van der Waals surface area (Å²) in [5, 5.41) is 3.62. The molecule has 0 saturated carbocycles. The Morgan fingerprint density at radius 1 is 1.08 bits per heavy atom. The van der Waals surface area contributed by atoms with E-state index >= 15 is 0 Å². The molecule has 0 aliphatic carbocycles. The number of halogens is 1. The van der Waals surface area contributed by atoms with Crippen molar-refractivity contribution in [2.24, 2.45) is 0 Å². The van der Waals surface area contributed by atoms with Crippen LogP contribution in [0.1, 0.15) is 38.0 Å². The maximum Gasteiger partial charge on any atom is 0.262 e. The van der Waals surface area contributed by atoms with E-state index in [1.165, 1.54) is 28.0 Å². The number of aromatic nitrogens is 1. The van der Waals surface area contributed by atoms with Crippen molar-refractivity contribution in [1.29, 1.82) is 0 Å². The Bertz CT molecular complexity index is 1650. The molecule has 3 aromatic carbocycles. The molecule has 0 fully saturated rings. The quantitative estimate of drug-likeness (QED) is 0.157. The molecule has 39 heavy (non-hydrogen) atoms. The summed E-state index contributed by atoms with van der Waals surface area (Å²) in [6.45, 7) is 2.20. The second-order valence-electron chi connectivity index (χ2n) is 8.64. The molecule has 1 aromatic heterocycles. The van der Waals surface area contributed by atoms with Gasteiger partial charge in [-0.15, -0.1) is 11.3 Å². The Labute approximate surface area is 236 Å². The Balaban J connectivity index is 1.18. The molecule has 3 heterocycles. The van der Waals surface area contributed by atoms with Gasteiger partial charge < -0.3 is 14.8 Å². The van der Waals surface area contributed by atoms with Crippen LogP contribution in [0.2, 0.25) is 5.02 Å². The van der Waals surface area contributed by atoms with E-state index in [0.29, 0.717) is 39.6 Å². The van der Waals surface area contributed by atoms with Crippen LogP contribution in [0, 0.1) is 0 Å². The second kappa shape index (κ2) is 10.5. The lowest BCUT2D eigenvalue weighted by molar-refractivity contribution is -0.0509. The second-order valence-corrected chi connectivity index (χ2v) is 11.3. The van der Waals surface area contributed by atoms with E-state index < -0.39 is 6.29 Å². The molecule has 1 unspecified atom stereocenters. The third-order valence-corrected chi connectivity index (χ3v) is 8.59. The molecule has 0 radical (unpaired) electrons. The molecule has 4 aromatic rings. The SMILES string of the molecule is CCOC1Oc2ccc(Cl)cc2C(=O)/C1=C/Nc1ccc2nc(SCN3C(=O)c4ccccc4C3=O)sc2c1. The van der Waals surface area contributed by atoms with Gasteiger partial charge >= 0.3 is 0 Å². The summed E-state index contributed by atoms with van der Waals surface area (Å²) < 4.78 is 13.2. The van der Waals surface area contributed by atoms with Crippen LogP contribution in [-0.4, -0.2) is 46.3 Å². The fourth-order valence-electron chi connectivity index (χ4n) is 4.32. The monoisotopic (exact) mass is 577 g/mol. The van der Waals surface area contributed by atoms with E-state index in [-0.39, 0.29) is 23.5 Å². The predicted octanol–water partition coefficient (Wildman–Crippen LogP) is 6.23. The van der Waals surface area contributed by atoms with Gasteiger partial charge in [-0.3, -0.25) is 19.3 Å². The smallest absolute Gasteiger partial charge is 0.262 e. The minimum absolute atomic E-state index is 0.176. The zero-order chi connectivity index (χ0) is 27.1. The van der Waals surface area contributed by atoms with Crippen LogP contribution < -0.4 is 10.1 Å². The first-order valence-corrected chi connectivity index (χ1v) is 14.2. The van der Waals surface area contributed by atoms with Crippen molar-refractivity contribution < 1.29 is 23.9 Å². The van der Waals surface area contributed by atoms with Crippen molar-refractivity contribution >= 4 is 68.2 Å². The first-order chi connectivity index (χ1) is 18.9. The normalized spacial score (nSPS) is 17.5. The van der Waals surface area contributed by atoms with Gasteiger partial charge in [0.05, 0.1) is 38.4 Å². The van der Waals surface area contributed by atoms with Gasteiger partial charge in [0.25, 0.3) is 11.8 Å². The molecule has 2 amide bonds. The summed E-state index contributed by atoms with van der Waals surface area (Å²) >= 11 is 8.89. The van der Waals surface area contributed by atoms with Crippen LogP contribution in [0.15, 0.2) is 76.8 Å². The fourth-order valence-corrected chi connectivity index (χ4v) is 6.53. The molecule has 2 aliphatic rings. The van der Waals surface area contributed by atoms with Crippen LogP contribution in [-0.2, 0) is 4.74 Å². The van der Waals surface area contributed by atoms with Gasteiger partial charge in [-0.2, -0.15) is 0 Å². The Kier molecular flexibility index (Phi) is 6.86. The van der Waals surface area contributed by atoms with Gasteiger partial charge in [-0.25, -0.2) is 4.98 Å². The number of thiazole rings is 1. The average molecular weight is 578 g/mol. The molecule has 0 spiro atoms. The maximum atomic E-state index is 13.2. The minimum Gasteiger partial charge on any atom is -0.460 e. The zero-order valence-electron chi connectivity index (χ0n) is 20.5. The number of nitrogens with zero attached hydrogens (tertiary/aromatic N) is 2. The molecule has 11 heteroatoms. The van der Waals surface area contributed by atoms with Crippen LogP contribution in [0.3, 0.4) is 0 Å². The number of rotatable bonds is 7. The van der Waals surface area contributed by atoms with E-state index in [1.807, 2.05) is 25.1 Å². The Hall–Kier alpha value is -3.70. The zero-order valence-corrected chi connectivity index (χ0v) is 22.9. The first kappa shape index (κ1) is 25.6.